The predicted octanol–water partition coefficient (Wildman–Crippen LogP) is 4.23. The van der Waals surface area contributed by atoms with Crippen molar-refractivity contribution in [1.29, 1.82) is 0 Å². The number of unbranched alkanes of at least 4 members (excludes halogenated alkanes) is 1. The molecule has 0 spiro atoms. The van der Waals surface area contributed by atoms with Crippen molar-refractivity contribution in [1.82, 2.24) is 15.3 Å². The smallest absolute Gasteiger partial charge is 0.419 e. The van der Waals surface area contributed by atoms with Crippen molar-refractivity contribution in [3.63, 3.8) is 0 Å². The monoisotopic (exact) mass is 397 g/mol. The van der Waals surface area contributed by atoms with Gasteiger partial charge in [-0.1, -0.05) is 6.92 Å². The molecule has 1 aliphatic heterocycles. The number of benzene rings is 1. The number of imidazole rings is 1. The van der Waals surface area contributed by atoms with Crippen LogP contribution in [0.2, 0.25) is 0 Å². The summed E-state index contributed by atoms with van der Waals surface area (Å²) in [4.78, 5) is 7.90. The van der Waals surface area contributed by atoms with Gasteiger partial charge in [-0.25, -0.2) is 4.98 Å². The minimum atomic E-state index is -4.53. The highest BCUT2D eigenvalue weighted by Gasteiger charge is 2.35. The van der Waals surface area contributed by atoms with Gasteiger partial charge in [0.15, 0.2) is 0 Å². The zero-order valence-electron chi connectivity index (χ0n) is 15.9. The lowest BCUT2D eigenvalue weighted by molar-refractivity contribution is -0.138. The number of aromatic amines is 1. The van der Waals surface area contributed by atoms with Crippen molar-refractivity contribution in [2.45, 2.75) is 51.2 Å². The third kappa shape index (κ3) is 4.67. The van der Waals surface area contributed by atoms with Gasteiger partial charge in [-0.2, -0.15) is 13.2 Å². The van der Waals surface area contributed by atoms with Gasteiger partial charge < -0.3 is 20.1 Å². The highest BCUT2D eigenvalue weighted by Crippen LogP contribution is 2.39. The topological polar surface area (TPSA) is 70.2 Å². The van der Waals surface area contributed by atoms with Crippen LogP contribution in [0.25, 0.3) is 11.3 Å². The molecule has 0 radical (unpaired) electrons. The maximum Gasteiger partial charge on any atom is 0.419 e. The third-order valence-corrected chi connectivity index (χ3v) is 4.91. The van der Waals surface area contributed by atoms with Crippen molar-refractivity contribution in [2.24, 2.45) is 0 Å². The molecule has 1 aromatic carbocycles. The molecular formula is C20H26F3N3O2. The highest BCUT2D eigenvalue weighted by atomic mass is 19.4. The molecule has 154 valence electrons. The van der Waals surface area contributed by atoms with Crippen LogP contribution in [0.15, 0.2) is 18.2 Å². The molecule has 1 aromatic heterocycles. The quantitative estimate of drug-likeness (QED) is 0.583. The largest absolute Gasteiger partial charge is 0.493 e. The molecule has 8 heteroatoms. The Morgan fingerprint density at radius 2 is 2.11 bits per heavy atom. The molecule has 0 aliphatic carbocycles. The molecule has 0 amide bonds. The van der Waals surface area contributed by atoms with Gasteiger partial charge in [-0.05, 0) is 56.8 Å². The number of hydrogen-bond acceptors (Lipinski definition) is 4. The molecule has 0 bridgehead atoms. The van der Waals surface area contributed by atoms with E-state index in [-0.39, 0.29) is 25.0 Å². The Kier molecular flexibility index (Phi) is 6.61. The summed E-state index contributed by atoms with van der Waals surface area (Å²) in [7, 11) is 0. The molecule has 0 saturated carbocycles. The Morgan fingerprint density at radius 1 is 1.29 bits per heavy atom. The van der Waals surface area contributed by atoms with Crippen molar-refractivity contribution in [3.05, 3.63) is 35.3 Å². The first-order valence-corrected chi connectivity index (χ1v) is 9.71. The van der Waals surface area contributed by atoms with Gasteiger partial charge in [0, 0.05) is 17.9 Å². The number of aliphatic hydroxyl groups is 1. The summed E-state index contributed by atoms with van der Waals surface area (Å²) >= 11 is 0. The van der Waals surface area contributed by atoms with E-state index in [1.54, 1.807) is 6.07 Å². The molecule has 1 atom stereocenters. The predicted molar refractivity (Wildman–Crippen MR) is 100 cm³/mol. The second-order valence-electron chi connectivity index (χ2n) is 6.94. The van der Waals surface area contributed by atoms with E-state index in [4.69, 9.17) is 9.84 Å². The maximum absolute atomic E-state index is 13.6. The van der Waals surface area contributed by atoms with Crippen LogP contribution in [0.4, 0.5) is 13.2 Å². The molecule has 2 aromatic rings. The van der Waals surface area contributed by atoms with Gasteiger partial charge in [0.1, 0.15) is 11.6 Å². The van der Waals surface area contributed by atoms with Gasteiger partial charge in [-0.15, -0.1) is 0 Å². The zero-order valence-corrected chi connectivity index (χ0v) is 15.9. The number of H-pyrrole nitrogens is 1. The number of nitrogens with one attached hydrogen (secondary N) is 2. The molecule has 1 fully saturated rings. The van der Waals surface area contributed by atoms with E-state index >= 15 is 0 Å². The summed E-state index contributed by atoms with van der Waals surface area (Å²) < 4.78 is 46.1. The van der Waals surface area contributed by atoms with Crippen LogP contribution in [-0.2, 0) is 12.6 Å². The van der Waals surface area contributed by atoms with Gasteiger partial charge >= 0.3 is 6.18 Å². The minimum Gasteiger partial charge on any atom is -0.493 e. The molecule has 1 aliphatic rings. The van der Waals surface area contributed by atoms with Crippen LogP contribution in [0, 0.1) is 0 Å². The number of halogens is 3. The fourth-order valence-electron chi connectivity index (χ4n) is 3.43. The van der Waals surface area contributed by atoms with E-state index in [0.717, 1.165) is 37.0 Å². The summed E-state index contributed by atoms with van der Waals surface area (Å²) in [6.45, 7) is 2.99. The molecule has 1 unspecified atom stereocenters. The van der Waals surface area contributed by atoms with Crippen molar-refractivity contribution < 1.29 is 23.0 Å². The highest BCUT2D eigenvalue weighted by molar-refractivity contribution is 5.65. The van der Waals surface area contributed by atoms with Gasteiger partial charge in [0.25, 0.3) is 0 Å². The lowest BCUT2D eigenvalue weighted by Crippen LogP contribution is -2.14. The molecular weight excluding hydrogens is 371 g/mol. The second kappa shape index (κ2) is 8.96. The number of alkyl halides is 3. The number of ether oxygens (including phenoxy) is 1. The number of aliphatic hydroxyl groups excluding tert-OH is 1. The Hall–Kier alpha value is -2.06. The summed E-state index contributed by atoms with van der Waals surface area (Å²) in [5.74, 6) is 0.586. The molecule has 2 heterocycles. The molecule has 3 N–H and O–H groups in total. The number of hydrogen-bond donors (Lipinski definition) is 3. The fraction of sp³-hybridized carbons (Fsp3) is 0.550. The normalized spacial score (nSPS) is 17.2. The average molecular weight is 397 g/mol. The van der Waals surface area contributed by atoms with Crippen molar-refractivity contribution >= 4 is 0 Å². The number of aromatic nitrogens is 2. The third-order valence-electron chi connectivity index (χ3n) is 4.91. The molecule has 5 nitrogen and oxygen atoms in total. The van der Waals surface area contributed by atoms with Gasteiger partial charge in [0.2, 0.25) is 0 Å². The van der Waals surface area contributed by atoms with Crippen molar-refractivity contribution in [3.8, 4) is 17.0 Å². The van der Waals surface area contributed by atoms with Crippen LogP contribution < -0.4 is 10.1 Å². The Bertz CT molecular complexity index is 783. The van der Waals surface area contributed by atoms with Gasteiger partial charge in [0.05, 0.1) is 23.9 Å². The van der Waals surface area contributed by atoms with Crippen LogP contribution in [-0.4, -0.2) is 34.8 Å². The Morgan fingerprint density at radius 3 is 2.75 bits per heavy atom. The van der Waals surface area contributed by atoms with E-state index in [1.807, 2.05) is 6.92 Å². The maximum atomic E-state index is 13.6. The van der Waals surface area contributed by atoms with Crippen LogP contribution in [0.1, 0.15) is 55.7 Å². The minimum absolute atomic E-state index is 0.00837. The number of aryl methyl sites for hydroxylation is 1. The zero-order chi connectivity index (χ0) is 20.1. The number of nitrogens with zero attached hydrogens (tertiary/aromatic N) is 1. The van der Waals surface area contributed by atoms with E-state index in [1.165, 1.54) is 6.07 Å². The first-order chi connectivity index (χ1) is 13.4. The summed E-state index contributed by atoms with van der Waals surface area (Å²) in [6.07, 6.45) is -0.874. The van der Waals surface area contributed by atoms with E-state index < -0.39 is 11.7 Å². The lowest BCUT2D eigenvalue weighted by Gasteiger charge is -2.15. The summed E-state index contributed by atoms with van der Waals surface area (Å²) in [5, 5.41) is 12.1. The number of rotatable bonds is 8. The Balaban J connectivity index is 1.91. The van der Waals surface area contributed by atoms with E-state index in [0.29, 0.717) is 30.5 Å². The van der Waals surface area contributed by atoms with Crippen LogP contribution in [0.5, 0.6) is 5.75 Å². The van der Waals surface area contributed by atoms with E-state index in [2.05, 4.69) is 15.3 Å². The molecule has 1 saturated heterocycles. The fourth-order valence-corrected chi connectivity index (χ4v) is 3.43. The molecule has 28 heavy (non-hydrogen) atoms. The molecule has 3 rings (SSSR count). The van der Waals surface area contributed by atoms with Crippen molar-refractivity contribution in [2.75, 3.05) is 19.8 Å². The first kappa shape index (κ1) is 20.7. The first-order valence-electron chi connectivity index (χ1n) is 9.71. The Labute approximate surface area is 162 Å². The van der Waals surface area contributed by atoms with E-state index in [9.17, 15) is 13.2 Å². The van der Waals surface area contributed by atoms with Gasteiger partial charge in [-0.3, -0.25) is 0 Å². The van der Waals surface area contributed by atoms with Crippen LogP contribution in [0.3, 0.4) is 0 Å². The average Bonchev–Trinajstić information content (AvgIpc) is 3.33. The second-order valence-corrected chi connectivity index (χ2v) is 6.94. The standard InChI is InChI=1S/C20H26F3N3O2/c1-2-15-18(26-19(25-15)16-6-5-9-24-16)13-7-8-17(28-11-4-3-10-27)14(12-13)20(21,22)23/h7-8,12,16,24,27H,2-6,9-11H2,1H3,(H,25,26). The summed E-state index contributed by atoms with van der Waals surface area (Å²) in [5.41, 5.74) is 1.00. The SMILES string of the molecule is CCc1[nH]c(C2CCCN2)nc1-c1ccc(OCCCCO)c(C(F)(F)F)c1. The summed E-state index contributed by atoms with van der Waals surface area (Å²) in [6, 6.07) is 4.22. The van der Waals surface area contributed by atoms with Crippen LogP contribution >= 0.6 is 0 Å². The lowest BCUT2D eigenvalue weighted by atomic mass is 10.0.